The van der Waals surface area contributed by atoms with Crippen molar-refractivity contribution in [3.63, 3.8) is 0 Å². The predicted molar refractivity (Wildman–Crippen MR) is 76.9 cm³/mol. The van der Waals surface area contributed by atoms with Gasteiger partial charge in [0.25, 0.3) is 0 Å². The van der Waals surface area contributed by atoms with E-state index in [4.69, 9.17) is 65.4 Å². The highest BCUT2D eigenvalue weighted by Crippen LogP contribution is 2.29. The zero-order valence-corrected chi connectivity index (χ0v) is 13.6. The van der Waals surface area contributed by atoms with Gasteiger partial charge in [-0.2, -0.15) is 0 Å². The summed E-state index contributed by atoms with van der Waals surface area (Å²) in [5, 5.41) is -0.503. The third-order valence-electron chi connectivity index (χ3n) is 2.36. The minimum absolute atomic E-state index is 0.0332. The Morgan fingerprint density at radius 2 is 1.18 bits per heavy atom. The molecule has 0 saturated carbocycles. The molecule has 2 rings (SSSR count). The molecule has 0 unspecified atom stereocenters. The highest BCUT2D eigenvalue weighted by Gasteiger charge is 2.33. The summed E-state index contributed by atoms with van der Waals surface area (Å²) in [6.45, 7) is -0.174. The smallest absolute Gasteiger partial charge is 0.353 e. The molecule has 0 fully saturated rings. The fraction of sp³-hybridized carbons (Fsp3) is 0.333. The zero-order chi connectivity index (χ0) is 16.3. The third-order valence-corrected chi connectivity index (χ3v) is 4.00. The van der Waals surface area contributed by atoms with Crippen molar-refractivity contribution in [3.8, 4) is 11.8 Å². The van der Waals surface area contributed by atoms with Crippen LogP contribution in [0, 0.1) is 11.8 Å². The number of carbonyl (C=O) groups excluding carboxylic acids is 2. The van der Waals surface area contributed by atoms with Crippen LogP contribution in [0.15, 0.2) is 20.1 Å². The number of ether oxygens (including phenoxy) is 4. The van der Waals surface area contributed by atoms with Gasteiger partial charge in [-0.25, -0.2) is 9.59 Å². The minimum atomic E-state index is -1.07. The van der Waals surface area contributed by atoms with Gasteiger partial charge in [-0.3, -0.25) is 0 Å². The van der Waals surface area contributed by atoms with E-state index in [0.717, 1.165) is 0 Å². The van der Waals surface area contributed by atoms with Crippen molar-refractivity contribution in [1.82, 2.24) is 0 Å². The summed E-state index contributed by atoms with van der Waals surface area (Å²) >= 11 is 22.5. The molecular weight excluding hydrogens is 382 g/mol. The Bertz CT molecular complexity index is 577. The molecule has 0 amide bonds. The quantitative estimate of drug-likeness (QED) is 0.543. The third kappa shape index (κ3) is 3.87. The molecule has 0 N–H and O–H groups in total. The van der Waals surface area contributed by atoms with E-state index in [1.807, 2.05) is 0 Å². The number of cyclic esters (lactones) is 2. The molecular formula is C12H6Cl4O6. The Hall–Kier alpha value is -0.940. The molecule has 2 heterocycles. The first-order valence-corrected chi connectivity index (χ1v) is 7.14. The molecule has 0 aromatic rings. The van der Waals surface area contributed by atoms with E-state index in [1.54, 1.807) is 0 Å². The second kappa shape index (κ2) is 7.55. The van der Waals surface area contributed by atoms with E-state index in [-0.39, 0.29) is 33.3 Å². The van der Waals surface area contributed by atoms with Crippen molar-refractivity contribution < 1.29 is 28.5 Å². The maximum Gasteiger partial charge on any atom is 0.353 e. The topological polar surface area (TPSA) is 71.1 Å². The molecule has 0 radical (unpaired) electrons. The van der Waals surface area contributed by atoms with Crippen LogP contribution in [0.2, 0.25) is 0 Å². The van der Waals surface area contributed by atoms with Crippen LogP contribution < -0.4 is 0 Å². The fourth-order valence-corrected chi connectivity index (χ4v) is 1.99. The Morgan fingerprint density at radius 3 is 1.45 bits per heavy atom. The van der Waals surface area contributed by atoms with Crippen LogP contribution in [0.3, 0.4) is 0 Å². The SMILES string of the molecule is O=C1O[C@@H](OCC#CCO[C@@H]2OC(=O)C(Cl)=C2Cl)C(Cl)=C1Cl. The summed E-state index contributed by atoms with van der Waals surface area (Å²) in [5.41, 5.74) is 0. The van der Waals surface area contributed by atoms with Gasteiger partial charge >= 0.3 is 11.9 Å². The normalized spacial score (nSPS) is 24.4. The summed E-state index contributed by atoms with van der Waals surface area (Å²) in [4.78, 5) is 22.1. The molecule has 22 heavy (non-hydrogen) atoms. The standard InChI is InChI=1S/C12H6Cl4O6/c13-5-7(15)11(21-9(5)17)19-3-1-2-4-20-12-8(16)6(14)10(18)22-12/h11-12H,3-4H2/t11-,12-/m1/s1. The highest BCUT2D eigenvalue weighted by molar-refractivity contribution is 6.49. The molecule has 2 atom stereocenters. The van der Waals surface area contributed by atoms with Crippen molar-refractivity contribution in [2.45, 2.75) is 12.6 Å². The Labute approximate surface area is 144 Å². The Morgan fingerprint density at radius 1 is 0.818 bits per heavy atom. The van der Waals surface area contributed by atoms with Gasteiger partial charge < -0.3 is 18.9 Å². The van der Waals surface area contributed by atoms with E-state index in [1.165, 1.54) is 0 Å². The molecule has 10 heteroatoms. The highest BCUT2D eigenvalue weighted by atomic mass is 35.5. The molecule has 118 valence electrons. The van der Waals surface area contributed by atoms with Gasteiger partial charge in [-0.15, -0.1) is 0 Å². The van der Waals surface area contributed by atoms with E-state index in [9.17, 15) is 9.59 Å². The molecule has 2 aliphatic heterocycles. The Balaban J connectivity index is 1.71. The van der Waals surface area contributed by atoms with Crippen molar-refractivity contribution in [2.24, 2.45) is 0 Å². The number of hydrogen-bond donors (Lipinski definition) is 0. The molecule has 2 aliphatic rings. The summed E-state index contributed by atoms with van der Waals surface area (Å²) in [6.07, 6.45) is -2.13. The van der Waals surface area contributed by atoms with E-state index < -0.39 is 24.5 Å². The van der Waals surface area contributed by atoms with E-state index >= 15 is 0 Å². The van der Waals surface area contributed by atoms with Crippen molar-refractivity contribution in [2.75, 3.05) is 13.2 Å². The van der Waals surface area contributed by atoms with Crippen LogP contribution in [0.5, 0.6) is 0 Å². The lowest BCUT2D eigenvalue weighted by Gasteiger charge is -2.09. The van der Waals surface area contributed by atoms with Gasteiger partial charge in [-0.1, -0.05) is 58.2 Å². The van der Waals surface area contributed by atoms with Crippen molar-refractivity contribution >= 4 is 58.3 Å². The molecule has 0 aliphatic carbocycles. The first-order chi connectivity index (χ1) is 10.4. The number of carbonyl (C=O) groups is 2. The van der Waals surface area contributed by atoms with Crippen molar-refractivity contribution in [1.29, 1.82) is 0 Å². The van der Waals surface area contributed by atoms with Gasteiger partial charge in [-0.05, 0) is 0 Å². The number of esters is 2. The summed E-state index contributed by atoms with van der Waals surface area (Å²) in [6, 6.07) is 0. The van der Waals surface area contributed by atoms with Gasteiger partial charge in [0, 0.05) is 0 Å². The molecule has 0 bridgehead atoms. The summed E-state index contributed by atoms with van der Waals surface area (Å²) in [7, 11) is 0. The lowest BCUT2D eigenvalue weighted by Crippen LogP contribution is -2.15. The first kappa shape index (κ1) is 17.4. The maximum absolute atomic E-state index is 11.1. The molecule has 0 saturated heterocycles. The summed E-state index contributed by atoms with van der Waals surface area (Å²) < 4.78 is 19.6. The van der Waals surface area contributed by atoms with Gasteiger partial charge in [0.15, 0.2) is 0 Å². The summed E-state index contributed by atoms with van der Waals surface area (Å²) in [5.74, 6) is 3.65. The van der Waals surface area contributed by atoms with E-state index in [0.29, 0.717) is 0 Å². The minimum Gasteiger partial charge on any atom is -0.426 e. The van der Waals surface area contributed by atoms with Crippen LogP contribution in [0.1, 0.15) is 0 Å². The first-order valence-electron chi connectivity index (χ1n) is 5.63. The van der Waals surface area contributed by atoms with Gasteiger partial charge in [0.2, 0.25) is 12.6 Å². The molecule has 0 spiro atoms. The van der Waals surface area contributed by atoms with Gasteiger partial charge in [0.1, 0.15) is 33.3 Å². The fourth-order valence-electron chi connectivity index (χ4n) is 1.35. The monoisotopic (exact) mass is 386 g/mol. The Kier molecular flexibility index (Phi) is 5.98. The number of hydrogen-bond acceptors (Lipinski definition) is 6. The van der Waals surface area contributed by atoms with Crippen LogP contribution in [-0.2, 0) is 28.5 Å². The van der Waals surface area contributed by atoms with Crippen LogP contribution in [-0.4, -0.2) is 37.7 Å². The van der Waals surface area contributed by atoms with Gasteiger partial charge in [0.05, 0.1) is 0 Å². The number of rotatable bonds is 4. The number of halogens is 4. The zero-order valence-electron chi connectivity index (χ0n) is 10.5. The average Bonchev–Trinajstić information content (AvgIpc) is 2.88. The van der Waals surface area contributed by atoms with Crippen LogP contribution >= 0.6 is 46.4 Å². The molecule has 6 nitrogen and oxygen atoms in total. The van der Waals surface area contributed by atoms with E-state index in [2.05, 4.69) is 11.8 Å². The van der Waals surface area contributed by atoms with Crippen LogP contribution in [0.25, 0.3) is 0 Å². The predicted octanol–water partition coefficient (Wildman–Crippen LogP) is 2.17. The second-order valence-corrected chi connectivity index (χ2v) is 5.34. The average molecular weight is 388 g/mol. The molecule has 0 aromatic heterocycles. The molecule has 0 aromatic carbocycles. The maximum atomic E-state index is 11.1. The van der Waals surface area contributed by atoms with Crippen molar-refractivity contribution in [3.05, 3.63) is 20.1 Å². The van der Waals surface area contributed by atoms with Crippen LogP contribution in [0.4, 0.5) is 0 Å². The largest absolute Gasteiger partial charge is 0.426 e. The lowest BCUT2D eigenvalue weighted by atomic mass is 10.5. The lowest BCUT2D eigenvalue weighted by molar-refractivity contribution is -0.158. The second-order valence-electron chi connectivity index (χ2n) is 3.77.